The Morgan fingerprint density at radius 1 is 1.36 bits per heavy atom. The zero-order chi connectivity index (χ0) is 10.1. The standard InChI is InChI=1S/C10H11ClO3/c11-5-10-7-4-9(13)8(12)3-6(7)1-2-14-10/h3-4,10,12-13H,1-2,5H2. The first-order chi connectivity index (χ1) is 6.72. The van der Waals surface area contributed by atoms with E-state index >= 15 is 0 Å². The Balaban J connectivity index is 2.47. The minimum Gasteiger partial charge on any atom is -0.504 e. The molecule has 0 fully saturated rings. The van der Waals surface area contributed by atoms with Gasteiger partial charge in [0, 0.05) is 0 Å². The maximum Gasteiger partial charge on any atom is 0.157 e. The molecular formula is C10H11ClO3. The summed E-state index contributed by atoms with van der Waals surface area (Å²) in [5, 5.41) is 18.7. The predicted octanol–water partition coefficient (Wildman–Crippen LogP) is 1.95. The summed E-state index contributed by atoms with van der Waals surface area (Å²) in [6.45, 7) is 0.606. The molecule has 0 radical (unpaired) electrons. The summed E-state index contributed by atoms with van der Waals surface area (Å²) in [5.41, 5.74) is 1.87. The van der Waals surface area contributed by atoms with Crippen molar-refractivity contribution in [3.8, 4) is 11.5 Å². The first-order valence-corrected chi connectivity index (χ1v) is 4.98. The molecule has 1 aliphatic rings. The van der Waals surface area contributed by atoms with Gasteiger partial charge in [-0.15, -0.1) is 11.6 Å². The lowest BCUT2D eigenvalue weighted by Gasteiger charge is -2.24. The normalized spacial score (nSPS) is 20.5. The van der Waals surface area contributed by atoms with Crippen molar-refractivity contribution < 1.29 is 14.9 Å². The summed E-state index contributed by atoms with van der Waals surface area (Å²) >= 11 is 5.73. The van der Waals surface area contributed by atoms with E-state index in [0.717, 1.165) is 17.5 Å². The number of hydrogen-bond acceptors (Lipinski definition) is 3. The Morgan fingerprint density at radius 3 is 2.79 bits per heavy atom. The number of fused-ring (bicyclic) bond motifs is 1. The van der Waals surface area contributed by atoms with Crippen molar-refractivity contribution in [3.63, 3.8) is 0 Å². The fourth-order valence-corrected chi connectivity index (χ4v) is 1.94. The number of phenols is 2. The largest absolute Gasteiger partial charge is 0.504 e. The summed E-state index contributed by atoms with van der Waals surface area (Å²) in [6, 6.07) is 3.10. The number of benzene rings is 1. The molecule has 0 aliphatic carbocycles. The lowest BCUT2D eigenvalue weighted by Crippen LogP contribution is -2.17. The van der Waals surface area contributed by atoms with Crippen LogP contribution in [0.25, 0.3) is 0 Å². The molecule has 1 unspecified atom stereocenters. The molecular weight excluding hydrogens is 204 g/mol. The number of aromatic hydroxyl groups is 2. The quantitative estimate of drug-likeness (QED) is 0.555. The third-order valence-electron chi connectivity index (χ3n) is 2.41. The minimum atomic E-state index is -0.174. The molecule has 1 atom stereocenters. The second-order valence-corrected chi connectivity index (χ2v) is 3.61. The molecule has 0 spiro atoms. The number of alkyl halides is 1. The average molecular weight is 215 g/mol. The van der Waals surface area contributed by atoms with E-state index in [0.29, 0.717) is 12.5 Å². The van der Waals surface area contributed by atoms with Crippen LogP contribution in [0.2, 0.25) is 0 Å². The second kappa shape index (κ2) is 3.67. The van der Waals surface area contributed by atoms with Crippen molar-refractivity contribution in [1.82, 2.24) is 0 Å². The SMILES string of the molecule is Oc1cc2c(cc1O)C(CCl)OCC2. The van der Waals surface area contributed by atoms with E-state index in [2.05, 4.69) is 0 Å². The van der Waals surface area contributed by atoms with Crippen LogP contribution in [0.15, 0.2) is 12.1 Å². The van der Waals surface area contributed by atoms with Crippen LogP contribution in [0.5, 0.6) is 11.5 Å². The average Bonchev–Trinajstić information content (AvgIpc) is 2.19. The Kier molecular flexibility index (Phi) is 2.52. The molecule has 1 aromatic rings. The van der Waals surface area contributed by atoms with Gasteiger partial charge in [0.1, 0.15) is 0 Å². The van der Waals surface area contributed by atoms with Crippen molar-refractivity contribution in [2.75, 3.05) is 12.5 Å². The first-order valence-electron chi connectivity index (χ1n) is 4.44. The highest BCUT2D eigenvalue weighted by molar-refractivity contribution is 6.18. The first kappa shape index (κ1) is 9.62. The molecule has 2 N–H and O–H groups in total. The summed E-state index contributed by atoms with van der Waals surface area (Å²) < 4.78 is 5.42. The van der Waals surface area contributed by atoms with Crippen molar-refractivity contribution >= 4 is 11.6 Å². The smallest absolute Gasteiger partial charge is 0.157 e. The van der Waals surface area contributed by atoms with Crippen LogP contribution < -0.4 is 0 Å². The summed E-state index contributed by atoms with van der Waals surface area (Å²) in [4.78, 5) is 0. The van der Waals surface area contributed by atoms with Crippen molar-refractivity contribution in [2.24, 2.45) is 0 Å². The monoisotopic (exact) mass is 214 g/mol. The fraction of sp³-hybridized carbons (Fsp3) is 0.400. The number of phenolic OH excluding ortho intramolecular Hbond substituents is 2. The number of halogens is 1. The van der Waals surface area contributed by atoms with Gasteiger partial charge < -0.3 is 14.9 Å². The van der Waals surface area contributed by atoms with Crippen LogP contribution in [-0.4, -0.2) is 22.7 Å². The van der Waals surface area contributed by atoms with Gasteiger partial charge >= 0.3 is 0 Å². The lowest BCUT2D eigenvalue weighted by atomic mass is 9.97. The van der Waals surface area contributed by atoms with E-state index < -0.39 is 0 Å². The van der Waals surface area contributed by atoms with E-state index in [1.165, 1.54) is 6.07 Å². The van der Waals surface area contributed by atoms with Crippen LogP contribution in [-0.2, 0) is 11.2 Å². The molecule has 1 aromatic carbocycles. The molecule has 0 bridgehead atoms. The van der Waals surface area contributed by atoms with Gasteiger partial charge in [-0.2, -0.15) is 0 Å². The van der Waals surface area contributed by atoms with Crippen LogP contribution in [0.1, 0.15) is 17.2 Å². The van der Waals surface area contributed by atoms with E-state index in [-0.39, 0.29) is 17.6 Å². The predicted molar refractivity (Wildman–Crippen MR) is 52.9 cm³/mol. The molecule has 0 amide bonds. The van der Waals surface area contributed by atoms with Gasteiger partial charge in [0.2, 0.25) is 0 Å². The molecule has 76 valence electrons. The second-order valence-electron chi connectivity index (χ2n) is 3.30. The maximum absolute atomic E-state index is 9.34. The van der Waals surface area contributed by atoms with Crippen molar-refractivity contribution in [3.05, 3.63) is 23.3 Å². The van der Waals surface area contributed by atoms with Gasteiger partial charge in [0.15, 0.2) is 11.5 Å². The third-order valence-corrected chi connectivity index (χ3v) is 2.69. The number of hydrogen-bond donors (Lipinski definition) is 2. The molecule has 1 aliphatic heterocycles. The summed E-state index contributed by atoms with van der Waals surface area (Å²) in [6.07, 6.45) is 0.572. The maximum atomic E-state index is 9.34. The molecule has 0 saturated carbocycles. The van der Waals surface area contributed by atoms with E-state index in [1.54, 1.807) is 6.07 Å². The molecule has 2 rings (SSSR count). The Labute approximate surface area is 86.9 Å². The summed E-state index contributed by atoms with van der Waals surface area (Å²) in [5.74, 6) is 0.153. The molecule has 3 nitrogen and oxygen atoms in total. The fourth-order valence-electron chi connectivity index (χ4n) is 1.68. The van der Waals surface area contributed by atoms with Gasteiger partial charge in [-0.25, -0.2) is 0 Å². The molecule has 14 heavy (non-hydrogen) atoms. The van der Waals surface area contributed by atoms with Crippen molar-refractivity contribution in [2.45, 2.75) is 12.5 Å². The van der Waals surface area contributed by atoms with Crippen LogP contribution in [0.3, 0.4) is 0 Å². The van der Waals surface area contributed by atoms with Gasteiger partial charge in [-0.3, -0.25) is 0 Å². The number of rotatable bonds is 1. The highest BCUT2D eigenvalue weighted by Crippen LogP contribution is 2.35. The molecule has 0 aromatic heterocycles. The van der Waals surface area contributed by atoms with Crippen molar-refractivity contribution in [1.29, 1.82) is 0 Å². The third kappa shape index (κ3) is 1.53. The molecule has 1 heterocycles. The van der Waals surface area contributed by atoms with Crippen LogP contribution in [0, 0.1) is 0 Å². The van der Waals surface area contributed by atoms with Gasteiger partial charge in [0.05, 0.1) is 18.6 Å². The highest BCUT2D eigenvalue weighted by Gasteiger charge is 2.21. The molecule has 0 saturated heterocycles. The zero-order valence-corrected chi connectivity index (χ0v) is 8.29. The lowest BCUT2D eigenvalue weighted by molar-refractivity contribution is 0.0575. The van der Waals surface area contributed by atoms with Gasteiger partial charge in [0.25, 0.3) is 0 Å². The van der Waals surface area contributed by atoms with E-state index in [4.69, 9.17) is 16.3 Å². The highest BCUT2D eigenvalue weighted by atomic mass is 35.5. The summed E-state index contributed by atoms with van der Waals surface area (Å²) in [7, 11) is 0. The van der Waals surface area contributed by atoms with E-state index in [1.807, 2.05) is 0 Å². The van der Waals surface area contributed by atoms with Crippen LogP contribution >= 0.6 is 11.6 Å². The Morgan fingerprint density at radius 2 is 2.07 bits per heavy atom. The van der Waals surface area contributed by atoms with E-state index in [9.17, 15) is 10.2 Å². The molecule has 4 heteroatoms. The zero-order valence-electron chi connectivity index (χ0n) is 7.53. The Bertz CT molecular complexity index is 351. The van der Waals surface area contributed by atoms with Gasteiger partial charge in [-0.05, 0) is 29.7 Å². The number of ether oxygens (including phenoxy) is 1. The topological polar surface area (TPSA) is 49.7 Å². The minimum absolute atomic E-state index is 0.0843. The van der Waals surface area contributed by atoms with Gasteiger partial charge in [-0.1, -0.05) is 0 Å². The Hall–Kier alpha value is -0.930. The van der Waals surface area contributed by atoms with Crippen LogP contribution in [0.4, 0.5) is 0 Å².